The van der Waals surface area contributed by atoms with Gasteiger partial charge in [0.2, 0.25) is 5.91 Å². The van der Waals surface area contributed by atoms with Crippen LogP contribution < -0.4 is 14.4 Å². The van der Waals surface area contributed by atoms with Gasteiger partial charge in [-0.2, -0.15) is 0 Å². The summed E-state index contributed by atoms with van der Waals surface area (Å²) >= 11 is 5.98. The topological polar surface area (TPSA) is 99.0 Å². The summed E-state index contributed by atoms with van der Waals surface area (Å²) in [6.07, 6.45) is -0.0383. The molecule has 2 aromatic carbocycles. The number of esters is 1. The monoisotopic (exact) mass is 390 g/mol. The molecule has 1 aliphatic rings. The number of para-hydroxylation sites is 1. The quantitative estimate of drug-likeness (QED) is 0.336. The van der Waals surface area contributed by atoms with Crippen LogP contribution in [0.15, 0.2) is 42.5 Å². The van der Waals surface area contributed by atoms with Gasteiger partial charge in [-0.05, 0) is 18.2 Å². The number of hydrogen-bond acceptors (Lipinski definition) is 6. The number of non-ortho nitro benzene ring substituents is 1. The first-order valence-corrected chi connectivity index (χ1v) is 8.37. The Bertz CT molecular complexity index is 916. The molecule has 1 atom stereocenters. The largest absolute Gasteiger partial charge is 0.494 e. The van der Waals surface area contributed by atoms with Crippen molar-refractivity contribution in [1.29, 1.82) is 0 Å². The van der Waals surface area contributed by atoms with Crippen LogP contribution in [0.2, 0.25) is 5.02 Å². The number of nitro benzene ring substituents is 1. The van der Waals surface area contributed by atoms with Crippen LogP contribution in [-0.4, -0.2) is 30.5 Å². The highest BCUT2D eigenvalue weighted by Crippen LogP contribution is 2.36. The summed E-state index contributed by atoms with van der Waals surface area (Å²) in [6.45, 7) is 0.0797. The number of rotatable bonds is 5. The number of ether oxygens (including phenoxy) is 2. The van der Waals surface area contributed by atoms with E-state index in [-0.39, 0.29) is 36.1 Å². The summed E-state index contributed by atoms with van der Waals surface area (Å²) in [6, 6.07) is 10.5. The average Bonchev–Trinajstić information content (AvgIpc) is 3.04. The van der Waals surface area contributed by atoms with E-state index in [9.17, 15) is 19.7 Å². The number of carbonyl (C=O) groups excluding carboxylic acids is 2. The maximum atomic E-state index is 12.4. The van der Waals surface area contributed by atoms with E-state index in [2.05, 4.69) is 0 Å². The maximum absolute atomic E-state index is 12.4. The van der Waals surface area contributed by atoms with Crippen molar-refractivity contribution in [2.75, 3.05) is 18.6 Å². The van der Waals surface area contributed by atoms with Crippen molar-refractivity contribution in [2.45, 2.75) is 6.42 Å². The molecule has 2 aromatic rings. The third kappa shape index (κ3) is 3.85. The second kappa shape index (κ2) is 7.63. The summed E-state index contributed by atoms with van der Waals surface area (Å²) in [4.78, 5) is 36.5. The molecule has 0 unspecified atom stereocenters. The number of halogens is 1. The highest BCUT2D eigenvalue weighted by atomic mass is 35.5. The van der Waals surface area contributed by atoms with Gasteiger partial charge in [-0.25, -0.2) is 0 Å². The fourth-order valence-electron chi connectivity index (χ4n) is 2.82. The van der Waals surface area contributed by atoms with Gasteiger partial charge in [-0.3, -0.25) is 19.7 Å². The first kappa shape index (κ1) is 18.7. The molecule has 140 valence electrons. The van der Waals surface area contributed by atoms with Crippen molar-refractivity contribution in [3.8, 4) is 11.5 Å². The van der Waals surface area contributed by atoms with Crippen molar-refractivity contribution in [3.05, 3.63) is 57.6 Å². The summed E-state index contributed by atoms with van der Waals surface area (Å²) in [5.41, 5.74) is 0.207. The second-order valence-corrected chi connectivity index (χ2v) is 6.28. The van der Waals surface area contributed by atoms with Gasteiger partial charge in [0.05, 0.1) is 34.7 Å². The molecule has 3 rings (SSSR count). The van der Waals surface area contributed by atoms with Crippen LogP contribution in [0.3, 0.4) is 0 Å². The van der Waals surface area contributed by atoms with Gasteiger partial charge in [0, 0.05) is 19.0 Å². The minimum Gasteiger partial charge on any atom is -0.494 e. The van der Waals surface area contributed by atoms with E-state index < -0.39 is 16.8 Å². The predicted molar refractivity (Wildman–Crippen MR) is 97.2 cm³/mol. The van der Waals surface area contributed by atoms with Gasteiger partial charge < -0.3 is 14.4 Å². The van der Waals surface area contributed by atoms with Crippen LogP contribution in [0.4, 0.5) is 11.4 Å². The normalized spacial score (nSPS) is 16.3. The smallest absolute Gasteiger partial charge is 0.316 e. The lowest BCUT2D eigenvalue weighted by molar-refractivity contribution is -0.384. The summed E-state index contributed by atoms with van der Waals surface area (Å²) in [5, 5.41) is 11.2. The number of anilines is 1. The number of hydrogen-bond donors (Lipinski definition) is 0. The van der Waals surface area contributed by atoms with E-state index in [1.807, 2.05) is 0 Å². The standard InChI is InChI=1S/C18H15ClN2O6/c1-26-16-9-12(21(24)25)6-7-14(16)20-10-11(8-17(20)22)18(23)27-15-5-3-2-4-13(15)19/h2-7,9,11H,8,10H2,1H3/t11-/m0/s1. The van der Waals surface area contributed by atoms with Crippen molar-refractivity contribution >= 4 is 34.9 Å². The molecule has 1 fully saturated rings. The van der Waals surface area contributed by atoms with Crippen LogP contribution in [0.1, 0.15) is 6.42 Å². The highest BCUT2D eigenvalue weighted by molar-refractivity contribution is 6.32. The first-order valence-electron chi connectivity index (χ1n) is 7.99. The Morgan fingerprint density at radius 2 is 2.00 bits per heavy atom. The predicted octanol–water partition coefficient (Wildman–Crippen LogP) is 3.22. The van der Waals surface area contributed by atoms with E-state index >= 15 is 0 Å². The molecule has 27 heavy (non-hydrogen) atoms. The Morgan fingerprint density at radius 1 is 1.26 bits per heavy atom. The van der Waals surface area contributed by atoms with Crippen LogP contribution >= 0.6 is 11.6 Å². The first-order chi connectivity index (χ1) is 12.9. The Hall–Kier alpha value is -3.13. The minimum absolute atomic E-state index is 0.0383. The molecule has 0 aliphatic carbocycles. The third-order valence-corrected chi connectivity index (χ3v) is 4.48. The molecule has 9 heteroatoms. The molecule has 1 aliphatic heterocycles. The molecular formula is C18H15ClN2O6. The Kier molecular flexibility index (Phi) is 5.27. The van der Waals surface area contributed by atoms with Crippen LogP contribution in [0.5, 0.6) is 11.5 Å². The molecule has 0 radical (unpaired) electrons. The molecule has 0 bridgehead atoms. The van der Waals surface area contributed by atoms with E-state index in [0.29, 0.717) is 10.7 Å². The van der Waals surface area contributed by atoms with Crippen molar-refractivity contribution in [3.63, 3.8) is 0 Å². The number of methoxy groups -OCH3 is 1. The van der Waals surface area contributed by atoms with Crippen molar-refractivity contribution in [2.24, 2.45) is 5.92 Å². The van der Waals surface area contributed by atoms with Crippen LogP contribution in [0.25, 0.3) is 0 Å². The fraction of sp³-hybridized carbons (Fsp3) is 0.222. The molecule has 0 spiro atoms. The maximum Gasteiger partial charge on any atom is 0.316 e. The lowest BCUT2D eigenvalue weighted by atomic mass is 10.1. The van der Waals surface area contributed by atoms with Crippen molar-refractivity contribution < 1.29 is 24.0 Å². The van der Waals surface area contributed by atoms with E-state index in [1.165, 1.54) is 30.2 Å². The minimum atomic E-state index is -0.686. The lowest BCUT2D eigenvalue weighted by Gasteiger charge is -2.19. The zero-order valence-electron chi connectivity index (χ0n) is 14.3. The van der Waals surface area contributed by atoms with E-state index in [4.69, 9.17) is 21.1 Å². The van der Waals surface area contributed by atoms with Gasteiger partial charge in [-0.1, -0.05) is 23.7 Å². The van der Waals surface area contributed by atoms with E-state index in [0.717, 1.165) is 0 Å². The zero-order chi connectivity index (χ0) is 19.6. The number of nitrogens with zero attached hydrogens (tertiary/aromatic N) is 2. The number of benzene rings is 2. The lowest BCUT2D eigenvalue weighted by Crippen LogP contribution is -2.27. The molecular weight excluding hydrogens is 376 g/mol. The second-order valence-electron chi connectivity index (χ2n) is 5.87. The zero-order valence-corrected chi connectivity index (χ0v) is 15.0. The van der Waals surface area contributed by atoms with Gasteiger partial charge in [0.25, 0.3) is 5.69 Å². The summed E-state index contributed by atoms with van der Waals surface area (Å²) < 4.78 is 10.5. The molecule has 0 aromatic heterocycles. The van der Waals surface area contributed by atoms with Gasteiger partial charge >= 0.3 is 5.97 Å². The van der Waals surface area contributed by atoms with Gasteiger partial charge in [0.1, 0.15) is 11.5 Å². The van der Waals surface area contributed by atoms with Gasteiger partial charge in [-0.15, -0.1) is 0 Å². The number of carbonyl (C=O) groups is 2. The van der Waals surface area contributed by atoms with Crippen LogP contribution in [0, 0.1) is 16.0 Å². The number of nitro groups is 1. The molecule has 0 saturated carbocycles. The number of amides is 1. The third-order valence-electron chi connectivity index (χ3n) is 4.17. The Balaban J connectivity index is 1.78. The van der Waals surface area contributed by atoms with E-state index in [1.54, 1.807) is 24.3 Å². The fourth-order valence-corrected chi connectivity index (χ4v) is 2.99. The SMILES string of the molecule is COc1cc([N+](=O)[O-])ccc1N1C[C@@H](C(=O)Oc2ccccc2Cl)CC1=O. The molecule has 0 N–H and O–H groups in total. The Labute approximate surface area is 159 Å². The van der Waals surface area contributed by atoms with Crippen LogP contribution in [-0.2, 0) is 9.59 Å². The molecule has 1 saturated heterocycles. The van der Waals surface area contributed by atoms with Gasteiger partial charge in [0.15, 0.2) is 0 Å². The summed E-state index contributed by atoms with van der Waals surface area (Å²) in [7, 11) is 1.35. The molecule has 1 heterocycles. The Morgan fingerprint density at radius 3 is 2.67 bits per heavy atom. The molecule has 1 amide bonds. The molecule has 8 nitrogen and oxygen atoms in total. The average molecular weight is 391 g/mol. The van der Waals surface area contributed by atoms with Crippen molar-refractivity contribution in [1.82, 2.24) is 0 Å². The highest BCUT2D eigenvalue weighted by Gasteiger charge is 2.38. The summed E-state index contributed by atoms with van der Waals surface area (Å²) in [5.74, 6) is -1.16.